The van der Waals surface area contributed by atoms with E-state index in [2.05, 4.69) is 4.98 Å². The average Bonchev–Trinajstić information content (AvgIpc) is 3.02. The minimum atomic E-state index is 0.408. The quantitative estimate of drug-likeness (QED) is 0.915. The second-order valence-corrected chi connectivity index (χ2v) is 5.51. The van der Waals surface area contributed by atoms with Crippen LogP contribution in [0.25, 0.3) is 11.3 Å². The Morgan fingerprint density at radius 3 is 2.50 bits per heavy atom. The molecule has 3 nitrogen and oxygen atoms in total. The molecule has 1 saturated carbocycles. The van der Waals surface area contributed by atoms with E-state index in [0.29, 0.717) is 11.2 Å². The van der Waals surface area contributed by atoms with Crippen molar-refractivity contribution < 1.29 is 4.74 Å². The lowest BCUT2D eigenvalue weighted by atomic mass is 10.2. The minimum Gasteiger partial charge on any atom is -0.490 e. The van der Waals surface area contributed by atoms with E-state index in [1.165, 1.54) is 37.0 Å². The van der Waals surface area contributed by atoms with Crippen molar-refractivity contribution in [1.82, 2.24) is 4.98 Å². The largest absolute Gasteiger partial charge is 0.490 e. The molecule has 94 valence electrons. The molecular formula is C14H16N2OS. The summed E-state index contributed by atoms with van der Waals surface area (Å²) in [6, 6.07) is 8.12. The molecular weight excluding hydrogens is 244 g/mol. The molecule has 0 spiro atoms. The molecule has 2 N–H and O–H groups in total. The van der Waals surface area contributed by atoms with Gasteiger partial charge in [0.2, 0.25) is 0 Å². The molecule has 0 atom stereocenters. The van der Waals surface area contributed by atoms with Gasteiger partial charge in [0.25, 0.3) is 0 Å². The molecule has 3 rings (SSSR count). The maximum Gasteiger partial charge on any atom is 0.180 e. The van der Waals surface area contributed by atoms with E-state index in [9.17, 15) is 0 Å². The third kappa shape index (κ3) is 2.48. The first-order valence-electron chi connectivity index (χ1n) is 6.29. The number of anilines is 1. The third-order valence-electron chi connectivity index (χ3n) is 3.28. The van der Waals surface area contributed by atoms with E-state index in [1.807, 2.05) is 29.6 Å². The van der Waals surface area contributed by atoms with Crippen molar-refractivity contribution in [2.75, 3.05) is 5.73 Å². The van der Waals surface area contributed by atoms with Gasteiger partial charge in [-0.15, -0.1) is 11.3 Å². The molecule has 1 aromatic heterocycles. The molecule has 0 bridgehead atoms. The maximum absolute atomic E-state index is 5.93. The SMILES string of the molecule is Nc1nc(-c2ccc(OC3CCCC3)cc2)cs1. The lowest BCUT2D eigenvalue weighted by Gasteiger charge is -2.12. The van der Waals surface area contributed by atoms with E-state index in [4.69, 9.17) is 10.5 Å². The molecule has 18 heavy (non-hydrogen) atoms. The summed E-state index contributed by atoms with van der Waals surface area (Å²) >= 11 is 1.47. The standard InChI is InChI=1S/C14H16N2OS/c15-14-16-13(9-18-14)10-5-7-12(8-6-10)17-11-3-1-2-4-11/h5-9,11H,1-4H2,(H2,15,16). The predicted molar refractivity (Wildman–Crippen MR) is 74.8 cm³/mol. The number of nitrogens with zero attached hydrogens (tertiary/aromatic N) is 1. The zero-order valence-electron chi connectivity index (χ0n) is 10.1. The van der Waals surface area contributed by atoms with E-state index in [0.717, 1.165) is 17.0 Å². The van der Waals surface area contributed by atoms with E-state index >= 15 is 0 Å². The molecule has 1 fully saturated rings. The summed E-state index contributed by atoms with van der Waals surface area (Å²) in [5.74, 6) is 0.953. The zero-order chi connectivity index (χ0) is 12.4. The highest BCUT2D eigenvalue weighted by Gasteiger charge is 2.16. The van der Waals surface area contributed by atoms with Crippen LogP contribution in [0.1, 0.15) is 25.7 Å². The summed E-state index contributed by atoms with van der Waals surface area (Å²) in [5.41, 5.74) is 7.66. The number of hydrogen-bond acceptors (Lipinski definition) is 4. The van der Waals surface area contributed by atoms with Crippen molar-refractivity contribution in [3.8, 4) is 17.0 Å². The number of benzene rings is 1. The van der Waals surface area contributed by atoms with Gasteiger partial charge in [0, 0.05) is 10.9 Å². The lowest BCUT2D eigenvalue weighted by molar-refractivity contribution is 0.210. The van der Waals surface area contributed by atoms with Crippen molar-refractivity contribution in [1.29, 1.82) is 0 Å². The van der Waals surface area contributed by atoms with Gasteiger partial charge < -0.3 is 10.5 Å². The van der Waals surface area contributed by atoms with Crippen LogP contribution in [0, 0.1) is 0 Å². The van der Waals surface area contributed by atoms with Crippen molar-refractivity contribution in [2.24, 2.45) is 0 Å². The number of hydrogen-bond donors (Lipinski definition) is 1. The second-order valence-electron chi connectivity index (χ2n) is 4.62. The van der Waals surface area contributed by atoms with Crippen LogP contribution in [-0.2, 0) is 0 Å². The summed E-state index contributed by atoms with van der Waals surface area (Å²) in [5, 5.41) is 2.58. The van der Waals surface area contributed by atoms with Crippen LogP contribution >= 0.6 is 11.3 Å². The lowest BCUT2D eigenvalue weighted by Crippen LogP contribution is -2.10. The number of nitrogen functional groups attached to an aromatic ring is 1. The normalized spacial score (nSPS) is 16.0. The summed E-state index contributed by atoms with van der Waals surface area (Å²) in [4.78, 5) is 4.27. The van der Waals surface area contributed by atoms with Crippen molar-refractivity contribution in [3.05, 3.63) is 29.6 Å². The maximum atomic E-state index is 5.93. The number of thiazole rings is 1. The number of aromatic nitrogens is 1. The fraction of sp³-hybridized carbons (Fsp3) is 0.357. The minimum absolute atomic E-state index is 0.408. The second kappa shape index (κ2) is 4.98. The third-order valence-corrected chi connectivity index (χ3v) is 3.95. The van der Waals surface area contributed by atoms with Crippen LogP contribution < -0.4 is 10.5 Å². The first-order valence-corrected chi connectivity index (χ1v) is 7.17. The number of nitrogens with two attached hydrogens (primary N) is 1. The Labute approximate surface area is 111 Å². The summed E-state index contributed by atoms with van der Waals surface area (Å²) < 4.78 is 5.93. The van der Waals surface area contributed by atoms with Gasteiger partial charge in [0.15, 0.2) is 5.13 Å². The van der Waals surface area contributed by atoms with E-state index in [1.54, 1.807) is 0 Å². The topological polar surface area (TPSA) is 48.1 Å². The summed E-state index contributed by atoms with van der Waals surface area (Å²) in [7, 11) is 0. The van der Waals surface area contributed by atoms with Crippen molar-refractivity contribution in [3.63, 3.8) is 0 Å². The molecule has 1 heterocycles. The highest BCUT2D eigenvalue weighted by atomic mass is 32.1. The number of rotatable bonds is 3. The first kappa shape index (κ1) is 11.5. The molecule has 0 saturated heterocycles. The smallest absolute Gasteiger partial charge is 0.180 e. The van der Waals surface area contributed by atoms with Crippen LogP contribution in [0.4, 0.5) is 5.13 Å². The van der Waals surface area contributed by atoms with E-state index < -0.39 is 0 Å². The van der Waals surface area contributed by atoms with Gasteiger partial charge in [0.1, 0.15) is 5.75 Å². The monoisotopic (exact) mass is 260 g/mol. The van der Waals surface area contributed by atoms with Crippen LogP contribution in [0.3, 0.4) is 0 Å². The molecule has 1 aliphatic rings. The van der Waals surface area contributed by atoms with Gasteiger partial charge >= 0.3 is 0 Å². The van der Waals surface area contributed by atoms with Gasteiger partial charge in [-0.3, -0.25) is 0 Å². The van der Waals surface area contributed by atoms with Gasteiger partial charge in [-0.2, -0.15) is 0 Å². The fourth-order valence-electron chi connectivity index (χ4n) is 2.32. The average molecular weight is 260 g/mol. The molecule has 1 aromatic carbocycles. The van der Waals surface area contributed by atoms with Crippen molar-refractivity contribution >= 4 is 16.5 Å². The zero-order valence-corrected chi connectivity index (χ0v) is 11.0. The highest BCUT2D eigenvalue weighted by molar-refractivity contribution is 7.13. The van der Waals surface area contributed by atoms with Gasteiger partial charge in [0.05, 0.1) is 11.8 Å². The van der Waals surface area contributed by atoms with Crippen LogP contribution in [-0.4, -0.2) is 11.1 Å². The number of ether oxygens (including phenoxy) is 1. The predicted octanol–water partition coefficient (Wildman–Crippen LogP) is 3.71. The Bertz CT molecular complexity index is 515. The molecule has 0 aliphatic heterocycles. The molecule has 2 aromatic rings. The van der Waals surface area contributed by atoms with Crippen molar-refractivity contribution in [2.45, 2.75) is 31.8 Å². The Kier molecular flexibility index (Phi) is 3.19. The van der Waals surface area contributed by atoms with E-state index in [-0.39, 0.29) is 0 Å². The van der Waals surface area contributed by atoms with Gasteiger partial charge in [-0.05, 0) is 49.9 Å². The Balaban J connectivity index is 1.72. The van der Waals surface area contributed by atoms with Gasteiger partial charge in [-0.25, -0.2) is 4.98 Å². The van der Waals surface area contributed by atoms with Crippen LogP contribution in [0.15, 0.2) is 29.6 Å². The first-order chi connectivity index (χ1) is 8.81. The summed E-state index contributed by atoms with van der Waals surface area (Å²) in [6.07, 6.45) is 5.36. The fourth-order valence-corrected chi connectivity index (χ4v) is 2.90. The Morgan fingerprint density at radius 1 is 1.17 bits per heavy atom. The molecule has 4 heteroatoms. The molecule has 1 aliphatic carbocycles. The van der Waals surface area contributed by atoms with Gasteiger partial charge in [-0.1, -0.05) is 0 Å². The molecule has 0 amide bonds. The Morgan fingerprint density at radius 2 is 1.89 bits per heavy atom. The molecule has 0 radical (unpaired) electrons. The summed E-state index contributed by atoms with van der Waals surface area (Å²) in [6.45, 7) is 0. The van der Waals surface area contributed by atoms with Crippen LogP contribution in [0.5, 0.6) is 5.75 Å². The highest BCUT2D eigenvalue weighted by Crippen LogP contribution is 2.27. The van der Waals surface area contributed by atoms with Crippen LogP contribution in [0.2, 0.25) is 0 Å². The Hall–Kier alpha value is -1.55. The molecule has 0 unspecified atom stereocenters.